The predicted octanol–water partition coefficient (Wildman–Crippen LogP) is 10.3. The van der Waals surface area contributed by atoms with Crippen molar-refractivity contribution in [2.75, 3.05) is 29.6 Å². The number of pyridine rings is 1. The van der Waals surface area contributed by atoms with Gasteiger partial charge in [0, 0.05) is 60.6 Å². The van der Waals surface area contributed by atoms with Crippen LogP contribution in [-0.4, -0.2) is 49.3 Å². The molecule has 2 heterocycles. The number of hydrogen-bond acceptors (Lipinski definition) is 7. The molecule has 0 bridgehead atoms. The SMILES string of the molecule is CC(C)c1cc(F)cc(C(C)CCC(C)c2cc(F)cc(C(C)C)c2NC(=O)N=S(N)(=O)c2cccc3c(N(C)C)cccc23)c1NC(=O)N=S(N)(=O)c1cnc2c(cnn2C)c1. The predicted molar refractivity (Wildman–Crippen MR) is 248 cm³/mol. The maximum absolute atomic E-state index is 15.4. The first-order chi connectivity index (χ1) is 29.6. The van der Waals surface area contributed by atoms with Crippen LogP contribution in [0.15, 0.2) is 97.6 Å². The molecule has 4 unspecified atom stereocenters. The van der Waals surface area contributed by atoms with Crippen molar-refractivity contribution in [3.63, 3.8) is 0 Å². The van der Waals surface area contributed by atoms with Crippen LogP contribution in [0.3, 0.4) is 0 Å². The minimum atomic E-state index is -3.76. The molecule has 4 aromatic carbocycles. The van der Waals surface area contributed by atoms with Crippen molar-refractivity contribution in [2.45, 2.75) is 87.8 Å². The number of urea groups is 2. The van der Waals surface area contributed by atoms with Crippen LogP contribution in [0, 0.1) is 11.6 Å². The standard InChI is InChI=1S/C45H54F2N10O4S2/c1-25(2)35-19-30(46)21-37(41(35)52-44(58)54-62(48,60)32-18-29-23-51-57(9)43(29)50-24-32)27(5)16-17-28(6)38-22-31(47)20-36(26(3)4)42(38)53-45(59)55-63(49,61)40-15-11-12-33-34(40)13-10-14-39(33)56(7)8/h10-15,18-28H,16-17H2,1-9H3,(H3,48,52,54,58,60)(H3,49,53,55,59,61). The van der Waals surface area contributed by atoms with Crippen LogP contribution in [0.25, 0.3) is 21.8 Å². The van der Waals surface area contributed by atoms with E-state index in [0.29, 0.717) is 62.9 Å². The van der Waals surface area contributed by atoms with E-state index in [4.69, 9.17) is 10.3 Å². The van der Waals surface area contributed by atoms with E-state index in [1.165, 1.54) is 47.4 Å². The largest absolute Gasteiger partial charge is 0.377 e. The Morgan fingerprint density at radius 3 is 1.75 bits per heavy atom. The molecule has 6 N–H and O–H groups in total. The summed E-state index contributed by atoms with van der Waals surface area (Å²) >= 11 is 0. The molecule has 0 saturated carbocycles. The molecule has 4 amide bonds. The second-order valence-electron chi connectivity index (χ2n) is 16.7. The zero-order valence-electron chi connectivity index (χ0n) is 36.8. The van der Waals surface area contributed by atoms with Crippen LogP contribution >= 0.6 is 0 Å². The number of nitrogens with one attached hydrogen (secondary N) is 2. The lowest BCUT2D eigenvalue weighted by Crippen LogP contribution is -2.20. The van der Waals surface area contributed by atoms with Crippen LogP contribution in [0.4, 0.5) is 35.4 Å². The quantitative estimate of drug-likeness (QED) is 0.0935. The Labute approximate surface area is 367 Å². The van der Waals surface area contributed by atoms with Crippen molar-refractivity contribution in [1.29, 1.82) is 0 Å². The monoisotopic (exact) mass is 900 g/mol. The number of carbonyl (C=O) groups is 2. The van der Waals surface area contributed by atoms with Gasteiger partial charge < -0.3 is 15.5 Å². The highest BCUT2D eigenvalue weighted by atomic mass is 32.2. The molecule has 0 aliphatic heterocycles. The Balaban J connectivity index is 1.28. The molecule has 334 valence electrons. The highest BCUT2D eigenvalue weighted by Crippen LogP contribution is 2.40. The third-order valence-electron chi connectivity index (χ3n) is 11.1. The van der Waals surface area contributed by atoms with Crippen molar-refractivity contribution in [3.8, 4) is 0 Å². The Bertz CT molecular complexity index is 3010. The lowest BCUT2D eigenvalue weighted by Gasteiger charge is -2.25. The van der Waals surface area contributed by atoms with E-state index in [2.05, 4.69) is 29.4 Å². The van der Waals surface area contributed by atoms with Crippen LogP contribution in [-0.2, 0) is 26.9 Å². The summed E-state index contributed by atoms with van der Waals surface area (Å²) in [5, 5.41) is 24.1. The average Bonchev–Trinajstić information content (AvgIpc) is 3.59. The molecule has 2 aromatic heterocycles. The summed E-state index contributed by atoms with van der Waals surface area (Å²) in [6.07, 6.45) is 3.66. The lowest BCUT2D eigenvalue weighted by atomic mass is 9.84. The molecule has 0 saturated heterocycles. The normalized spacial score (nSPS) is 14.6. The summed E-state index contributed by atoms with van der Waals surface area (Å²) in [5.41, 5.74) is 3.99. The van der Waals surface area contributed by atoms with Gasteiger partial charge in [-0.1, -0.05) is 65.8 Å². The zero-order valence-corrected chi connectivity index (χ0v) is 38.4. The number of carbonyl (C=O) groups excluding carboxylic acids is 2. The highest BCUT2D eigenvalue weighted by Gasteiger charge is 2.25. The van der Waals surface area contributed by atoms with Gasteiger partial charge >= 0.3 is 12.1 Å². The maximum Gasteiger partial charge on any atom is 0.354 e. The number of aryl methyl sites for hydroxylation is 1. The van der Waals surface area contributed by atoms with E-state index in [1.807, 2.05) is 78.7 Å². The molecule has 0 fully saturated rings. The number of halogens is 2. The van der Waals surface area contributed by atoms with E-state index < -0.39 is 43.5 Å². The first kappa shape index (κ1) is 46.7. The first-order valence-electron chi connectivity index (χ1n) is 20.4. The van der Waals surface area contributed by atoms with E-state index in [0.717, 1.165) is 11.1 Å². The Kier molecular flexibility index (Phi) is 13.7. The number of anilines is 3. The molecule has 4 atom stereocenters. The van der Waals surface area contributed by atoms with Gasteiger partial charge in [0.1, 0.15) is 31.5 Å². The highest BCUT2D eigenvalue weighted by molar-refractivity contribution is 7.92. The Hall–Kier alpha value is -5.82. The second kappa shape index (κ2) is 18.5. The number of nitrogens with zero attached hydrogens (tertiary/aromatic N) is 6. The van der Waals surface area contributed by atoms with Crippen LogP contribution in [0.2, 0.25) is 0 Å². The van der Waals surface area contributed by atoms with Gasteiger partial charge in [0.15, 0.2) is 5.65 Å². The zero-order chi connectivity index (χ0) is 46.1. The number of hydrogen-bond donors (Lipinski definition) is 4. The summed E-state index contributed by atoms with van der Waals surface area (Å²) < 4.78 is 67.7. The fourth-order valence-electron chi connectivity index (χ4n) is 7.79. The van der Waals surface area contributed by atoms with Gasteiger partial charge in [0.2, 0.25) is 0 Å². The molecular weight excluding hydrogens is 847 g/mol. The molecule has 14 nitrogen and oxygen atoms in total. The third-order valence-corrected chi connectivity index (χ3v) is 13.9. The van der Waals surface area contributed by atoms with Crippen LogP contribution < -0.4 is 25.8 Å². The molecule has 6 rings (SSSR count). The van der Waals surface area contributed by atoms with Gasteiger partial charge in [0.25, 0.3) is 0 Å². The molecule has 0 aliphatic rings. The van der Waals surface area contributed by atoms with Crippen molar-refractivity contribution in [1.82, 2.24) is 14.8 Å². The van der Waals surface area contributed by atoms with Crippen LogP contribution in [0.5, 0.6) is 0 Å². The van der Waals surface area contributed by atoms with Gasteiger partial charge in [-0.2, -0.15) is 5.10 Å². The number of nitrogens with two attached hydrogens (primary N) is 2. The smallest absolute Gasteiger partial charge is 0.354 e. The molecule has 6 aromatic rings. The van der Waals surface area contributed by atoms with Gasteiger partial charge in [-0.15, -0.1) is 8.73 Å². The fraction of sp³-hybridized carbons (Fsp3) is 0.333. The van der Waals surface area contributed by atoms with Gasteiger partial charge in [-0.25, -0.2) is 42.0 Å². The number of fused-ring (bicyclic) bond motifs is 2. The number of benzene rings is 4. The topological polar surface area (TPSA) is 203 Å². The van der Waals surface area contributed by atoms with E-state index in [1.54, 1.807) is 25.2 Å². The summed E-state index contributed by atoms with van der Waals surface area (Å²) in [7, 11) is -2.03. The summed E-state index contributed by atoms with van der Waals surface area (Å²) in [6.45, 7) is 11.2. The summed E-state index contributed by atoms with van der Waals surface area (Å²) in [6, 6.07) is 15.6. The minimum absolute atomic E-state index is 0.0336. The maximum atomic E-state index is 15.4. The number of aromatic nitrogens is 3. The fourth-order valence-corrected chi connectivity index (χ4v) is 9.84. The Morgan fingerprint density at radius 2 is 1.22 bits per heavy atom. The number of rotatable bonds is 12. The van der Waals surface area contributed by atoms with Crippen LogP contribution in [0.1, 0.15) is 100 Å². The van der Waals surface area contributed by atoms with Crippen molar-refractivity contribution in [2.24, 2.45) is 26.1 Å². The van der Waals surface area contributed by atoms with Crippen molar-refractivity contribution in [3.05, 3.63) is 113 Å². The van der Waals surface area contributed by atoms with Crippen molar-refractivity contribution < 1.29 is 26.8 Å². The summed E-state index contributed by atoms with van der Waals surface area (Å²) in [5.74, 6) is -2.25. The van der Waals surface area contributed by atoms with Crippen molar-refractivity contribution >= 4 is 70.8 Å². The van der Waals surface area contributed by atoms with Gasteiger partial charge in [-0.05, 0) is 101 Å². The lowest BCUT2D eigenvalue weighted by molar-refractivity contribution is 0.259. The minimum Gasteiger partial charge on any atom is -0.377 e. The molecular formula is C45H54F2N10O4S2. The molecule has 0 spiro atoms. The first-order valence-corrected chi connectivity index (χ1v) is 23.6. The van der Waals surface area contributed by atoms with E-state index in [-0.39, 0.29) is 33.5 Å². The second-order valence-corrected chi connectivity index (χ2v) is 20.2. The molecule has 63 heavy (non-hydrogen) atoms. The molecule has 18 heteroatoms. The molecule has 0 aliphatic carbocycles. The van der Waals surface area contributed by atoms with Gasteiger partial charge in [0.05, 0.1) is 16.0 Å². The number of amides is 4. The Morgan fingerprint density at radius 1 is 0.730 bits per heavy atom. The summed E-state index contributed by atoms with van der Waals surface area (Å²) in [4.78, 5) is 33.6. The van der Waals surface area contributed by atoms with E-state index in [9.17, 15) is 18.0 Å². The average molecular weight is 901 g/mol. The van der Waals surface area contributed by atoms with Gasteiger partial charge in [-0.3, -0.25) is 4.68 Å². The van der Waals surface area contributed by atoms with E-state index >= 15 is 8.78 Å². The third kappa shape index (κ3) is 10.2. The molecule has 0 radical (unpaired) electrons.